The average Bonchev–Trinajstić information content (AvgIpc) is 3.75. The lowest BCUT2D eigenvalue weighted by Crippen LogP contribution is -2.16. The summed E-state index contributed by atoms with van der Waals surface area (Å²) in [6.07, 6.45) is 8.31. The molecule has 0 amide bonds. The summed E-state index contributed by atoms with van der Waals surface area (Å²) in [6.45, 7) is 21.3. The lowest BCUT2D eigenvalue weighted by atomic mass is 9.86. The lowest BCUT2D eigenvalue weighted by molar-refractivity contribution is 0.408. The topological polar surface area (TPSA) is 42.7 Å². The molecular formula is C40H52N4. The first kappa shape index (κ1) is 30.8. The van der Waals surface area contributed by atoms with E-state index >= 15 is 0 Å². The Balaban J connectivity index is 1.54. The third-order valence-electron chi connectivity index (χ3n) is 10.1. The molecule has 0 unspecified atom stereocenters. The highest BCUT2D eigenvalue weighted by Crippen LogP contribution is 2.37. The molecule has 5 aromatic rings. The number of rotatable bonds is 11. The Morgan fingerprint density at radius 2 is 1.55 bits per heavy atom. The van der Waals surface area contributed by atoms with Gasteiger partial charge in [-0.2, -0.15) is 0 Å². The number of pyridine rings is 1. The van der Waals surface area contributed by atoms with E-state index in [-0.39, 0.29) is 5.41 Å². The molecule has 2 heterocycles. The van der Waals surface area contributed by atoms with Crippen LogP contribution in [0.4, 0.5) is 0 Å². The zero-order chi connectivity index (χ0) is 31.2. The van der Waals surface area contributed by atoms with Crippen LogP contribution in [0.3, 0.4) is 0 Å². The van der Waals surface area contributed by atoms with Crippen molar-refractivity contribution >= 4 is 32.7 Å². The van der Waals surface area contributed by atoms with E-state index < -0.39 is 0 Å². The van der Waals surface area contributed by atoms with E-state index in [2.05, 4.69) is 102 Å². The van der Waals surface area contributed by atoms with Crippen LogP contribution in [-0.4, -0.2) is 21.1 Å². The van der Waals surface area contributed by atoms with Crippen LogP contribution in [0.15, 0.2) is 36.4 Å². The summed E-state index contributed by atoms with van der Waals surface area (Å²) in [7, 11) is 0. The van der Waals surface area contributed by atoms with E-state index in [0.29, 0.717) is 0 Å². The standard InChI is InChI=1S/C40H52N4/c1-9-10-15-35-43-38-34(22-40(6,7)8)42-33-14-12-11-13-32(33)39(38)44(35)24-31-19-18-30(23-41-21-20-29-16-17-29)36-27(4)25(2)26(3)28(5)37(31)36/h11-14,18-19,29,41H,9-10,15-17,20-24H2,1-8H3. The van der Waals surface area contributed by atoms with E-state index in [1.54, 1.807) is 0 Å². The molecule has 0 bridgehead atoms. The average molecular weight is 589 g/mol. The van der Waals surface area contributed by atoms with Crippen molar-refractivity contribution in [3.8, 4) is 0 Å². The van der Waals surface area contributed by atoms with Crippen molar-refractivity contribution < 1.29 is 0 Å². The normalized spacial score (nSPS) is 14.0. The van der Waals surface area contributed by atoms with Crippen LogP contribution in [0.2, 0.25) is 0 Å². The van der Waals surface area contributed by atoms with E-state index in [4.69, 9.17) is 9.97 Å². The maximum Gasteiger partial charge on any atom is 0.111 e. The quantitative estimate of drug-likeness (QED) is 0.156. The number of imidazole rings is 1. The van der Waals surface area contributed by atoms with Crippen molar-refractivity contribution in [3.05, 3.63) is 81.3 Å². The van der Waals surface area contributed by atoms with Gasteiger partial charge in [-0.15, -0.1) is 0 Å². The number of unbranched alkanes of at least 4 members (excludes halogenated alkanes) is 1. The Morgan fingerprint density at radius 3 is 2.23 bits per heavy atom. The molecule has 1 fully saturated rings. The number of nitrogens with zero attached hydrogens (tertiary/aromatic N) is 3. The second kappa shape index (κ2) is 12.3. The fourth-order valence-corrected chi connectivity index (χ4v) is 7.13. The highest BCUT2D eigenvalue weighted by atomic mass is 15.1. The largest absolute Gasteiger partial charge is 0.323 e. The summed E-state index contributed by atoms with van der Waals surface area (Å²) in [4.78, 5) is 10.6. The number of nitrogens with one attached hydrogen (secondary N) is 1. The number of hydrogen-bond donors (Lipinski definition) is 1. The SMILES string of the molecule is CCCCc1nc2c(CC(C)(C)C)nc3ccccc3c2n1Cc1ccc(CNCCC2CC2)c2c(C)c(C)c(C)c(C)c12. The predicted molar refractivity (Wildman–Crippen MR) is 188 cm³/mol. The number of para-hydroxylation sites is 1. The third-order valence-corrected chi connectivity index (χ3v) is 10.1. The molecule has 1 N–H and O–H groups in total. The van der Waals surface area contributed by atoms with Gasteiger partial charge < -0.3 is 9.88 Å². The molecule has 0 saturated heterocycles. The molecule has 232 valence electrons. The summed E-state index contributed by atoms with van der Waals surface area (Å²) in [5, 5.41) is 7.87. The zero-order valence-electron chi connectivity index (χ0n) is 28.5. The molecule has 3 aromatic carbocycles. The van der Waals surface area contributed by atoms with Crippen molar-refractivity contribution in [1.29, 1.82) is 0 Å². The zero-order valence-corrected chi connectivity index (χ0v) is 28.5. The number of aromatic nitrogens is 3. The Labute approximate surface area is 264 Å². The van der Waals surface area contributed by atoms with Gasteiger partial charge >= 0.3 is 0 Å². The van der Waals surface area contributed by atoms with Crippen molar-refractivity contribution in [1.82, 2.24) is 19.9 Å². The highest BCUT2D eigenvalue weighted by molar-refractivity contribution is 6.04. The minimum absolute atomic E-state index is 0.124. The van der Waals surface area contributed by atoms with E-state index in [0.717, 1.165) is 68.0 Å². The number of benzene rings is 3. The van der Waals surface area contributed by atoms with Crippen molar-refractivity contribution in [3.63, 3.8) is 0 Å². The molecule has 1 saturated carbocycles. The summed E-state index contributed by atoms with van der Waals surface area (Å²) >= 11 is 0. The summed E-state index contributed by atoms with van der Waals surface area (Å²) in [6, 6.07) is 13.5. The van der Waals surface area contributed by atoms with Crippen LogP contribution in [0, 0.1) is 39.0 Å². The summed E-state index contributed by atoms with van der Waals surface area (Å²) in [5.74, 6) is 2.14. The second-order valence-electron chi connectivity index (χ2n) is 14.8. The lowest BCUT2D eigenvalue weighted by Gasteiger charge is -2.22. The maximum absolute atomic E-state index is 5.41. The van der Waals surface area contributed by atoms with Crippen molar-refractivity contribution in [2.45, 2.75) is 113 Å². The molecule has 1 aliphatic rings. The van der Waals surface area contributed by atoms with Gasteiger partial charge in [-0.1, -0.05) is 77.3 Å². The minimum Gasteiger partial charge on any atom is -0.323 e. The first-order valence-electron chi connectivity index (χ1n) is 17.1. The molecule has 0 spiro atoms. The van der Waals surface area contributed by atoms with Gasteiger partial charge in [0.15, 0.2) is 0 Å². The molecule has 0 atom stereocenters. The molecule has 2 aromatic heterocycles. The number of fused-ring (bicyclic) bond motifs is 4. The van der Waals surface area contributed by atoms with E-state index in [1.807, 2.05) is 0 Å². The smallest absolute Gasteiger partial charge is 0.111 e. The number of aryl methyl sites for hydroxylation is 3. The fraction of sp³-hybridized carbons (Fsp3) is 0.500. The summed E-state index contributed by atoms with van der Waals surface area (Å²) in [5.41, 5.74) is 13.1. The Hall–Kier alpha value is -3.24. The van der Waals surface area contributed by atoms with Crippen molar-refractivity contribution in [2.75, 3.05) is 6.54 Å². The predicted octanol–water partition coefficient (Wildman–Crippen LogP) is 9.84. The van der Waals surface area contributed by atoms with Crippen LogP contribution in [0.5, 0.6) is 0 Å². The van der Waals surface area contributed by atoms with Crippen LogP contribution in [0.25, 0.3) is 32.7 Å². The maximum atomic E-state index is 5.41. The Morgan fingerprint density at radius 1 is 0.864 bits per heavy atom. The van der Waals surface area contributed by atoms with Gasteiger partial charge in [0.05, 0.1) is 16.7 Å². The molecule has 0 radical (unpaired) electrons. The van der Waals surface area contributed by atoms with Crippen LogP contribution in [0.1, 0.15) is 105 Å². The minimum atomic E-state index is 0.124. The van der Waals surface area contributed by atoms with Gasteiger partial charge in [-0.25, -0.2) is 4.98 Å². The van der Waals surface area contributed by atoms with Gasteiger partial charge in [0, 0.05) is 24.9 Å². The molecule has 4 nitrogen and oxygen atoms in total. The monoisotopic (exact) mass is 588 g/mol. The third kappa shape index (κ3) is 6.03. The van der Waals surface area contributed by atoms with Gasteiger partial charge in [-0.3, -0.25) is 4.98 Å². The molecule has 6 rings (SSSR count). The Bertz CT molecular complexity index is 1830. The molecule has 4 heteroatoms. The number of hydrogen-bond acceptors (Lipinski definition) is 3. The van der Waals surface area contributed by atoms with E-state index in [9.17, 15) is 0 Å². The van der Waals surface area contributed by atoms with Crippen LogP contribution in [-0.2, 0) is 25.9 Å². The highest BCUT2D eigenvalue weighted by Gasteiger charge is 2.24. The molecule has 1 aliphatic carbocycles. The van der Waals surface area contributed by atoms with Crippen LogP contribution < -0.4 is 5.32 Å². The van der Waals surface area contributed by atoms with Gasteiger partial charge in [0.1, 0.15) is 11.3 Å². The van der Waals surface area contributed by atoms with Crippen LogP contribution >= 0.6 is 0 Å². The Kier molecular flexibility index (Phi) is 8.58. The summed E-state index contributed by atoms with van der Waals surface area (Å²) < 4.78 is 2.55. The van der Waals surface area contributed by atoms with E-state index in [1.165, 1.54) is 80.1 Å². The first-order chi connectivity index (χ1) is 21.1. The molecule has 0 aliphatic heterocycles. The molecule has 44 heavy (non-hydrogen) atoms. The van der Waals surface area contributed by atoms with Gasteiger partial charge in [-0.05, 0) is 115 Å². The van der Waals surface area contributed by atoms with Gasteiger partial charge in [0.25, 0.3) is 0 Å². The first-order valence-corrected chi connectivity index (χ1v) is 17.1. The fourth-order valence-electron chi connectivity index (χ4n) is 7.13. The van der Waals surface area contributed by atoms with Crippen molar-refractivity contribution in [2.24, 2.45) is 11.3 Å². The second-order valence-corrected chi connectivity index (χ2v) is 14.8. The van der Waals surface area contributed by atoms with Gasteiger partial charge in [0.2, 0.25) is 0 Å². The molecular weight excluding hydrogens is 536 g/mol.